The van der Waals surface area contributed by atoms with E-state index in [1.165, 1.54) is 0 Å². The molecule has 2 aliphatic rings. The molecule has 0 radical (unpaired) electrons. The summed E-state index contributed by atoms with van der Waals surface area (Å²) in [5, 5.41) is 1.13. The van der Waals surface area contributed by atoms with Gasteiger partial charge in [-0.15, -0.1) is 0 Å². The van der Waals surface area contributed by atoms with Gasteiger partial charge in [0, 0.05) is 23.0 Å². The molecule has 1 N–H and O–H groups in total. The minimum atomic E-state index is -0.524. The van der Waals surface area contributed by atoms with Gasteiger partial charge in [-0.05, 0) is 42.2 Å². The number of nitrogens with zero attached hydrogens (tertiary/aromatic N) is 2. The van der Waals surface area contributed by atoms with E-state index in [1.807, 2.05) is 66.4 Å². The second-order valence-corrected chi connectivity index (χ2v) is 9.40. The molecule has 3 heterocycles. The SMILES string of the molecule is Cc1ccccc1[C@@H]1c2[nH]c3ccccc3c2C[C@H]2C(=O)N([C@H](C)c3ccccc3)CC(=O)N12. The molecule has 5 heteroatoms. The van der Waals surface area contributed by atoms with Gasteiger partial charge in [-0.2, -0.15) is 0 Å². The smallest absolute Gasteiger partial charge is 0.246 e. The second-order valence-electron chi connectivity index (χ2n) is 9.40. The maximum atomic E-state index is 14.0. The fraction of sp³-hybridized carbons (Fsp3) is 0.241. The van der Waals surface area contributed by atoms with Gasteiger partial charge in [0.2, 0.25) is 11.8 Å². The maximum absolute atomic E-state index is 14.0. The lowest BCUT2D eigenvalue weighted by Gasteiger charge is -2.48. The summed E-state index contributed by atoms with van der Waals surface area (Å²) in [6.07, 6.45) is 0.518. The number of aromatic amines is 1. The van der Waals surface area contributed by atoms with Crippen LogP contribution in [0.4, 0.5) is 0 Å². The van der Waals surface area contributed by atoms with Crippen molar-refractivity contribution >= 4 is 22.7 Å². The highest BCUT2D eigenvalue weighted by Gasteiger charge is 2.49. The van der Waals surface area contributed by atoms with Crippen molar-refractivity contribution in [2.75, 3.05) is 6.54 Å². The fourth-order valence-electron chi connectivity index (χ4n) is 5.74. The van der Waals surface area contributed by atoms with Crippen molar-refractivity contribution in [3.8, 4) is 0 Å². The van der Waals surface area contributed by atoms with Crippen molar-refractivity contribution in [2.45, 2.75) is 38.4 Å². The zero-order valence-electron chi connectivity index (χ0n) is 19.4. The Morgan fingerprint density at radius 3 is 2.41 bits per heavy atom. The number of aromatic nitrogens is 1. The Bertz CT molecular complexity index is 1410. The van der Waals surface area contributed by atoms with Gasteiger partial charge in [-0.25, -0.2) is 0 Å². The Hall–Kier alpha value is -3.86. The van der Waals surface area contributed by atoms with E-state index >= 15 is 0 Å². The summed E-state index contributed by atoms with van der Waals surface area (Å²) in [6.45, 7) is 4.17. The summed E-state index contributed by atoms with van der Waals surface area (Å²) in [5.41, 5.74) is 6.42. The zero-order valence-corrected chi connectivity index (χ0v) is 19.4. The van der Waals surface area contributed by atoms with Crippen LogP contribution in [0.3, 0.4) is 0 Å². The molecule has 0 unspecified atom stereocenters. The number of hydrogen-bond donors (Lipinski definition) is 1. The molecule has 2 amide bonds. The predicted octanol–water partition coefficient (Wildman–Crippen LogP) is 4.92. The zero-order chi connectivity index (χ0) is 23.4. The number of fused-ring (bicyclic) bond motifs is 4. The molecule has 1 aromatic heterocycles. The van der Waals surface area contributed by atoms with Crippen molar-refractivity contribution in [2.24, 2.45) is 0 Å². The first-order chi connectivity index (χ1) is 16.5. The fourth-order valence-corrected chi connectivity index (χ4v) is 5.74. The molecule has 2 aliphatic heterocycles. The van der Waals surface area contributed by atoms with E-state index in [0.29, 0.717) is 6.42 Å². The van der Waals surface area contributed by atoms with Crippen LogP contribution in [0.5, 0.6) is 0 Å². The lowest BCUT2D eigenvalue weighted by Crippen LogP contribution is -2.63. The molecule has 0 bridgehead atoms. The van der Waals surface area contributed by atoms with Crippen molar-refractivity contribution in [1.82, 2.24) is 14.8 Å². The first-order valence-electron chi connectivity index (χ1n) is 11.9. The van der Waals surface area contributed by atoms with Crippen LogP contribution in [-0.2, 0) is 16.0 Å². The molecule has 5 nitrogen and oxygen atoms in total. The van der Waals surface area contributed by atoms with Gasteiger partial charge in [-0.1, -0.05) is 72.8 Å². The molecular weight excluding hydrogens is 422 g/mol. The Balaban J connectivity index is 1.50. The molecule has 0 saturated carbocycles. The third-order valence-electron chi connectivity index (χ3n) is 7.53. The lowest BCUT2D eigenvalue weighted by molar-refractivity contribution is -0.160. The van der Waals surface area contributed by atoms with Crippen LogP contribution in [0.25, 0.3) is 10.9 Å². The first-order valence-corrected chi connectivity index (χ1v) is 11.9. The van der Waals surface area contributed by atoms with Crippen molar-refractivity contribution < 1.29 is 9.59 Å². The molecule has 6 rings (SSSR count). The molecule has 1 saturated heterocycles. The van der Waals surface area contributed by atoms with E-state index in [-0.39, 0.29) is 30.4 Å². The number of benzene rings is 3. The number of carbonyl (C=O) groups excluding carboxylic acids is 2. The van der Waals surface area contributed by atoms with Gasteiger partial charge in [0.15, 0.2) is 0 Å². The molecule has 3 atom stereocenters. The molecule has 0 aliphatic carbocycles. The quantitative estimate of drug-likeness (QED) is 0.483. The Labute approximate surface area is 199 Å². The number of amides is 2. The van der Waals surface area contributed by atoms with Gasteiger partial charge in [-0.3, -0.25) is 9.59 Å². The van der Waals surface area contributed by atoms with Gasteiger partial charge in [0.25, 0.3) is 0 Å². The lowest BCUT2D eigenvalue weighted by atomic mass is 9.84. The van der Waals surface area contributed by atoms with Crippen LogP contribution < -0.4 is 0 Å². The van der Waals surface area contributed by atoms with E-state index in [0.717, 1.165) is 38.9 Å². The average Bonchev–Trinajstić information content (AvgIpc) is 3.24. The molecule has 0 spiro atoms. The monoisotopic (exact) mass is 449 g/mol. The highest BCUT2D eigenvalue weighted by molar-refractivity contribution is 5.98. The average molecular weight is 450 g/mol. The summed E-state index contributed by atoms with van der Waals surface area (Å²) >= 11 is 0. The van der Waals surface area contributed by atoms with Crippen molar-refractivity contribution in [3.63, 3.8) is 0 Å². The first kappa shape index (κ1) is 20.7. The number of H-pyrrole nitrogens is 1. The van der Waals surface area contributed by atoms with Crippen LogP contribution in [0.1, 0.15) is 47.0 Å². The predicted molar refractivity (Wildman–Crippen MR) is 132 cm³/mol. The maximum Gasteiger partial charge on any atom is 0.246 e. The van der Waals surface area contributed by atoms with E-state index < -0.39 is 6.04 Å². The number of carbonyl (C=O) groups is 2. The van der Waals surface area contributed by atoms with Crippen LogP contribution in [-0.4, -0.2) is 39.2 Å². The van der Waals surface area contributed by atoms with E-state index in [2.05, 4.69) is 36.2 Å². The third kappa shape index (κ3) is 3.07. The summed E-state index contributed by atoms with van der Waals surface area (Å²) in [6, 6.07) is 25.3. The van der Waals surface area contributed by atoms with Crippen LogP contribution in [0, 0.1) is 6.92 Å². The summed E-state index contributed by atoms with van der Waals surface area (Å²) in [4.78, 5) is 34.9. The molecule has 4 aromatic rings. The van der Waals surface area contributed by atoms with Crippen molar-refractivity contribution in [1.29, 1.82) is 0 Å². The van der Waals surface area contributed by atoms with Gasteiger partial charge in [0.05, 0.1) is 12.1 Å². The number of para-hydroxylation sites is 1. The van der Waals surface area contributed by atoms with Crippen molar-refractivity contribution in [3.05, 3.63) is 107 Å². The van der Waals surface area contributed by atoms with Gasteiger partial charge < -0.3 is 14.8 Å². The number of piperazine rings is 1. The summed E-state index contributed by atoms with van der Waals surface area (Å²) in [7, 11) is 0. The van der Waals surface area contributed by atoms with Gasteiger partial charge in [0.1, 0.15) is 12.6 Å². The van der Waals surface area contributed by atoms with E-state index in [9.17, 15) is 9.59 Å². The largest absolute Gasteiger partial charge is 0.356 e. The second kappa shape index (κ2) is 7.87. The Kier molecular flexibility index (Phi) is 4.80. The molecule has 1 fully saturated rings. The van der Waals surface area contributed by atoms with E-state index in [4.69, 9.17) is 0 Å². The highest BCUT2D eigenvalue weighted by Crippen LogP contribution is 2.44. The third-order valence-corrected chi connectivity index (χ3v) is 7.53. The van der Waals surface area contributed by atoms with Crippen LogP contribution in [0.15, 0.2) is 78.9 Å². The van der Waals surface area contributed by atoms with E-state index in [1.54, 1.807) is 4.90 Å². The molecule has 170 valence electrons. The number of hydrogen-bond acceptors (Lipinski definition) is 2. The summed E-state index contributed by atoms with van der Waals surface area (Å²) in [5.74, 6) is 0.00964. The number of aryl methyl sites for hydroxylation is 1. The minimum absolute atomic E-state index is 0.00931. The minimum Gasteiger partial charge on any atom is -0.356 e. The van der Waals surface area contributed by atoms with Crippen LogP contribution >= 0.6 is 0 Å². The number of rotatable bonds is 3. The summed E-state index contributed by atoms with van der Waals surface area (Å²) < 4.78 is 0. The van der Waals surface area contributed by atoms with Crippen LogP contribution in [0.2, 0.25) is 0 Å². The molecule has 3 aromatic carbocycles. The standard InChI is InChI=1S/C29H27N3O2/c1-18-10-6-7-13-21(18)28-27-23(22-14-8-9-15-24(22)30-27)16-25-29(34)31(17-26(33)32(25)28)19(2)20-11-4-3-5-12-20/h3-15,19,25,28,30H,16-17H2,1-2H3/t19-,25+,28-/m1/s1. The normalized spacial score (nSPS) is 20.9. The molecule has 34 heavy (non-hydrogen) atoms. The number of nitrogens with one attached hydrogen (secondary N) is 1. The Morgan fingerprint density at radius 1 is 0.912 bits per heavy atom. The van der Waals surface area contributed by atoms with Gasteiger partial charge >= 0.3 is 0 Å². The molecular formula is C29H27N3O2. The Morgan fingerprint density at radius 2 is 1.62 bits per heavy atom. The topological polar surface area (TPSA) is 56.4 Å². The highest BCUT2D eigenvalue weighted by atomic mass is 16.2.